The van der Waals surface area contributed by atoms with Gasteiger partial charge in [0.25, 0.3) is 0 Å². The zero-order chi connectivity index (χ0) is 15.6. The Morgan fingerprint density at radius 2 is 2.10 bits per heavy atom. The van der Waals surface area contributed by atoms with Crippen molar-refractivity contribution < 1.29 is 14.3 Å². The molecule has 0 bridgehead atoms. The maximum Gasteiger partial charge on any atom is 0.434 e. The minimum absolute atomic E-state index is 0.0174. The first-order chi connectivity index (χ1) is 9.81. The van der Waals surface area contributed by atoms with Gasteiger partial charge in [-0.1, -0.05) is 26.8 Å². The molecule has 1 heterocycles. The molecular weight excluding hydrogens is 268 g/mol. The van der Waals surface area contributed by atoms with Crippen molar-refractivity contribution in [2.75, 3.05) is 6.61 Å². The van der Waals surface area contributed by atoms with Gasteiger partial charge in [-0.05, 0) is 30.1 Å². The second kappa shape index (κ2) is 5.68. The summed E-state index contributed by atoms with van der Waals surface area (Å²) in [5.74, 6) is -0.128. The molecule has 1 aliphatic carbocycles. The minimum atomic E-state index is -0.624. The van der Waals surface area contributed by atoms with Gasteiger partial charge < -0.3 is 10.1 Å². The lowest BCUT2D eigenvalue weighted by Crippen LogP contribution is -2.36. The molecule has 1 atom stereocenters. The van der Waals surface area contributed by atoms with Gasteiger partial charge in [-0.3, -0.25) is 4.79 Å². The van der Waals surface area contributed by atoms with Crippen LogP contribution in [0.15, 0.2) is 40.6 Å². The van der Waals surface area contributed by atoms with Crippen LogP contribution in [-0.4, -0.2) is 24.3 Å². The highest BCUT2D eigenvalue weighted by atomic mass is 16.5. The number of hydrogen-bond acceptors (Lipinski definition) is 3. The van der Waals surface area contributed by atoms with Crippen LogP contribution in [0.5, 0.6) is 0 Å². The summed E-state index contributed by atoms with van der Waals surface area (Å²) in [7, 11) is 0. The summed E-state index contributed by atoms with van der Waals surface area (Å²) < 4.78 is 4.79. The molecular formula is C16H20N2O3. The van der Waals surface area contributed by atoms with E-state index >= 15 is 0 Å². The van der Waals surface area contributed by atoms with Gasteiger partial charge in [-0.15, -0.1) is 0 Å². The molecule has 5 nitrogen and oxygen atoms in total. The maximum absolute atomic E-state index is 11.8. The average Bonchev–Trinajstić information content (AvgIpc) is 2.36. The monoisotopic (exact) mass is 288 g/mol. The lowest BCUT2D eigenvalue weighted by Gasteiger charge is -2.34. The van der Waals surface area contributed by atoms with E-state index in [-0.39, 0.29) is 23.8 Å². The van der Waals surface area contributed by atoms with Gasteiger partial charge >= 0.3 is 6.09 Å². The van der Waals surface area contributed by atoms with Crippen molar-refractivity contribution in [2.24, 2.45) is 16.3 Å². The van der Waals surface area contributed by atoms with Crippen LogP contribution in [0.1, 0.15) is 27.7 Å². The lowest BCUT2D eigenvalue weighted by atomic mass is 9.74. The van der Waals surface area contributed by atoms with Gasteiger partial charge in [0.15, 0.2) is 0 Å². The molecule has 1 aliphatic heterocycles. The number of hydrogen-bond donors (Lipinski definition) is 1. The molecule has 2 amide bonds. The largest absolute Gasteiger partial charge is 0.448 e. The van der Waals surface area contributed by atoms with E-state index in [1.807, 2.05) is 6.08 Å². The van der Waals surface area contributed by atoms with Crippen LogP contribution in [0, 0.1) is 11.3 Å². The second-order valence-corrected chi connectivity index (χ2v) is 6.01. The van der Waals surface area contributed by atoms with Crippen LogP contribution in [0.4, 0.5) is 4.79 Å². The Balaban J connectivity index is 2.31. The zero-order valence-corrected chi connectivity index (χ0v) is 12.8. The zero-order valence-electron chi connectivity index (χ0n) is 12.8. The van der Waals surface area contributed by atoms with E-state index in [2.05, 4.69) is 31.1 Å². The summed E-state index contributed by atoms with van der Waals surface area (Å²) >= 11 is 0. The van der Waals surface area contributed by atoms with Crippen LogP contribution in [0.25, 0.3) is 0 Å². The van der Waals surface area contributed by atoms with Gasteiger partial charge in [0.05, 0.1) is 12.3 Å². The van der Waals surface area contributed by atoms with E-state index in [9.17, 15) is 9.59 Å². The van der Waals surface area contributed by atoms with E-state index in [4.69, 9.17) is 4.74 Å². The topological polar surface area (TPSA) is 67.8 Å². The van der Waals surface area contributed by atoms with Gasteiger partial charge in [-0.25, -0.2) is 4.79 Å². The molecule has 0 aromatic heterocycles. The highest BCUT2D eigenvalue weighted by Gasteiger charge is 2.32. The first kappa shape index (κ1) is 15.2. The Hall–Kier alpha value is -2.17. The quantitative estimate of drug-likeness (QED) is 0.806. The lowest BCUT2D eigenvalue weighted by molar-refractivity contribution is -0.116. The third kappa shape index (κ3) is 3.48. The Kier molecular flexibility index (Phi) is 4.11. The number of nitrogens with zero attached hydrogens (tertiary/aromatic N) is 1. The molecule has 0 radical (unpaired) electrons. The minimum Gasteiger partial charge on any atom is -0.448 e. The molecule has 0 spiro atoms. The van der Waals surface area contributed by atoms with Crippen LogP contribution >= 0.6 is 0 Å². The molecule has 2 aliphatic rings. The number of amides is 2. The number of fused-ring (bicyclic) bond motifs is 1. The highest BCUT2D eigenvalue weighted by molar-refractivity contribution is 6.10. The number of aliphatic imine (C=N–C) groups is 1. The molecule has 0 aromatic carbocycles. The molecule has 1 N–H and O–H groups in total. The van der Waals surface area contributed by atoms with E-state index in [1.54, 1.807) is 25.2 Å². The molecule has 0 aromatic rings. The Morgan fingerprint density at radius 3 is 2.71 bits per heavy atom. The summed E-state index contributed by atoms with van der Waals surface area (Å²) in [5.41, 5.74) is 2.17. The molecule has 2 rings (SSSR count). The Labute approximate surface area is 124 Å². The average molecular weight is 288 g/mol. The second-order valence-electron chi connectivity index (χ2n) is 6.01. The first-order valence-electron chi connectivity index (χ1n) is 6.99. The fourth-order valence-corrected chi connectivity index (χ4v) is 2.40. The van der Waals surface area contributed by atoms with E-state index in [1.165, 1.54) is 0 Å². The normalized spacial score (nSPS) is 23.1. The fourth-order valence-electron chi connectivity index (χ4n) is 2.40. The molecule has 0 saturated carbocycles. The Bertz CT molecular complexity index is 589. The number of allylic oxidation sites excluding steroid dienone is 3. The summed E-state index contributed by atoms with van der Waals surface area (Å²) in [4.78, 5) is 27.1. The van der Waals surface area contributed by atoms with Gasteiger partial charge in [0, 0.05) is 17.7 Å². The number of rotatable bonds is 1. The smallest absolute Gasteiger partial charge is 0.434 e. The van der Waals surface area contributed by atoms with Crippen molar-refractivity contribution in [2.45, 2.75) is 27.7 Å². The summed E-state index contributed by atoms with van der Waals surface area (Å²) in [6.45, 7) is 8.23. The molecule has 112 valence electrons. The summed E-state index contributed by atoms with van der Waals surface area (Å²) in [5, 5.41) is 2.82. The third-order valence-electron chi connectivity index (χ3n) is 3.34. The standard InChI is InChI=1S/C16H20N2O3/c1-5-21-15(20)17-10-6-7-11-12(16(2,3)4)9-14(19)18-13(11)8-10/h6-9,11H,5H2,1-4H3,(H,18,19)/b17-10-. The Morgan fingerprint density at radius 1 is 1.38 bits per heavy atom. The van der Waals surface area contributed by atoms with E-state index in [0.717, 1.165) is 11.3 Å². The van der Waals surface area contributed by atoms with Crippen molar-refractivity contribution >= 4 is 17.7 Å². The predicted octanol–water partition coefficient (Wildman–Crippen LogP) is 2.76. The third-order valence-corrected chi connectivity index (χ3v) is 3.34. The number of carbonyl (C=O) groups is 2. The predicted molar refractivity (Wildman–Crippen MR) is 80.9 cm³/mol. The number of nitrogens with one attached hydrogen (secondary N) is 1. The maximum atomic E-state index is 11.8. The van der Waals surface area contributed by atoms with Crippen molar-refractivity contribution in [3.63, 3.8) is 0 Å². The SMILES string of the molecule is CCOC(=O)/N=C1/C=CC2C(=C1)NC(=O)C=C2C(C)(C)C. The van der Waals surface area contributed by atoms with Crippen molar-refractivity contribution in [3.8, 4) is 0 Å². The molecule has 1 unspecified atom stereocenters. The van der Waals surface area contributed by atoms with Crippen LogP contribution in [0.2, 0.25) is 0 Å². The van der Waals surface area contributed by atoms with Gasteiger partial charge in [-0.2, -0.15) is 4.99 Å². The van der Waals surface area contributed by atoms with Crippen molar-refractivity contribution in [1.82, 2.24) is 5.32 Å². The fraction of sp³-hybridized carbons (Fsp3) is 0.438. The van der Waals surface area contributed by atoms with Gasteiger partial charge in [0.2, 0.25) is 5.91 Å². The van der Waals surface area contributed by atoms with E-state index < -0.39 is 6.09 Å². The molecule has 0 fully saturated rings. The summed E-state index contributed by atoms with van der Waals surface area (Å²) in [6.07, 6.45) is 6.48. The van der Waals surface area contributed by atoms with Crippen molar-refractivity contribution in [3.05, 3.63) is 35.6 Å². The highest BCUT2D eigenvalue weighted by Crippen LogP contribution is 2.38. The number of ether oxygens (including phenoxy) is 1. The summed E-state index contributed by atoms with van der Waals surface area (Å²) in [6, 6.07) is 0. The van der Waals surface area contributed by atoms with Crippen LogP contribution in [-0.2, 0) is 9.53 Å². The molecule has 21 heavy (non-hydrogen) atoms. The molecule has 0 saturated heterocycles. The van der Waals surface area contributed by atoms with Crippen LogP contribution < -0.4 is 5.32 Å². The molecule has 5 heteroatoms. The van der Waals surface area contributed by atoms with Crippen LogP contribution in [0.3, 0.4) is 0 Å². The van der Waals surface area contributed by atoms with E-state index in [0.29, 0.717) is 5.71 Å². The first-order valence-corrected chi connectivity index (χ1v) is 6.99. The van der Waals surface area contributed by atoms with Gasteiger partial charge in [0.1, 0.15) is 0 Å². The van der Waals surface area contributed by atoms with Crippen molar-refractivity contribution in [1.29, 1.82) is 0 Å². The number of carbonyl (C=O) groups excluding carboxylic acids is 2.